The van der Waals surface area contributed by atoms with E-state index in [1.165, 1.54) is 13.3 Å². The highest BCUT2D eigenvalue weighted by atomic mass is 35.5. The summed E-state index contributed by atoms with van der Waals surface area (Å²) < 4.78 is 12.6. The Morgan fingerprint density at radius 1 is 1.50 bits per heavy atom. The predicted molar refractivity (Wildman–Crippen MR) is 70.4 cm³/mol. The minimum Gasteiger partial charge on any atom is -0.458 e. The average Bonchev–Trinajstić information content (AvgIpc) is 2.84. The van der Waals surface area contributed by atoms with Crippen molar-refractivity contribution in [3.63, 3.8) is 0 Å². The minimum absolute atomic E-state index is 0.0661. The summed E-state index contributed by atoms with van der Waals surface area (Å²) >= 11 is 5.99. The Kier molecular flexibility index (Phi) is 3.54. The second-order valence-electron chi connectivity index (χ2n) is 4.57. The highest BCUT2D eigenvalue weighted by molar-refractivity contribution is 6.33. The summed E-state index contributed by atoms with van der Waals surface area (Å²) in [6.45, 7) is 2.35. The van der Waals surface area contributed by atoms with Crippen LogP contribution in [0.2, 0.25) is 5.15 Å². The Labute approximate surface area is 119 Å². The maximum Gasteiger partial charge on any atom is 0.303 e. The van der Waals surface area contributed by atoms with E-state index in [9.17, 15) is 4.79 Å². The van der Waals surface area contributed by atoms with Crippen LogP contribution in [-0.2, 0) is 14.3 Å². The molecule has 1 saturated heterocycles. The molecule has 1 aliphatic rings. The molecule has 106 valence electrons. The lowest BCUT2D eigenvalue weighted by Gasteiger charge is -2.31. The van der Waals surface area contributed by atoms with Crippen LogP contribution in [0.25, 0.3) is 11.2 Å². The van der Waals surface area contributed by atoms with Gasteiger partial charge in [-0.15, -0.1) is 0 Å². The van der Waals surface area contributed by atoms with Crippen molar-refractivity contribution in [1.82, 2.24) is 19.5 Å². The van der Waals surface area contributed by atoms with Crippen molar-refractivity contribution in [2.24, 2.45) is 0 Å². The molecular weight excluding hydrogens is 284 g/mol. The first-order valence-corrected chi connectivity index (χ1v) is 6.62. The third-order valence-corrected chi connectivity index (χ3v) is 3.53. The van der Waals surface area contributed by atoms with Gasteiger partial charge >= 0.3 is 5.97 Å². The van der Waals surface area contributed by atoms with Gasteiger partial charge in [-0.3, -0.25) is 4.79 Å². The summed E-state index contributed by atoms with van der Waals surface area (Å²) in [6, 6.07) is -0.0661. The monoisotopic (exact) mass is 296 g/mol. The normalized spacial score (nSPS) is 22.9. The number of carbonyl (C=O) groups excluding carboxylic acids is 1. The van der Waals surface area contributed by atoms with E-state index < -0.39 is 0 Å². The van der Waals surface area contributed by atoms with E-state index >= 15 is 0 Å². The molecule has 20 heavy (non-hydrogen) atoms. The molecule has 0 bridgehead atoms. The molecule has 2 aromatic heterocycles. The van der Waals surface area contributed by atoms with Gasteiger partial charge in [-0.2, -0.15) is 0 Å². The van der Waals surface area contributed by atoms with Gasteiger partial charge < -0.3 is 14.0 Å². The van der Waals surface area contributed by atoms with Crippen molar-refractivity contribution in [3.8, 4) is 0 Å². The lowest BCUT2D eigenvalue weighted by Crippen LogP contribution is -2.37. The van der Waals surface area contributed by atoms with Gasteiger partial charge in [0.25, 0.3) is 0 Å². The second kappa shape index (κ2) is 5.34. The van der Waals surface area contributed by atoms with Crippen molar-refractivity contribution in [2.75, 3.05) is 13.2 Å². The molecule has 2 atom stereocenters. The van der Waals surface area contributed by atoms with E-state index in [1.807, 2.05) is 4.57 Å². The number of fused-ring (bicyclic) bond motifs is 1. The molecule has 2 aromatic rings. The first-order chi connectivity index (χ1) is 9.66. The fourth-order valence-electron chi connectivity index (χ4n) is 2.41. The third kappa shape index (κ3) is 2.34. The van der Waals surface area contributed by atoms with E-state index in [0.29, 0.717) is 36.0 Å². The fraction of sp³-hybridized carbons (Fsp3) is 0.500. The van der Waals surface area contributed by atoms with Crippen LogP contribution in [0.5, 0.6) is 0 Å². The number of hydrogen-bond acceptors (Lipinski definition) is 6. The SMILES string of the molecule is CC(=O)OC1COCCC1n1cnc2c(Cl)ncnc21. The Balaban J connectivity index is 1.99. The predicted octanol–water partition coefficient (Wildman–Crippen LogP) is 1.37. The number of halogens is 1. The zero-order valence-electron chi connectivity index (χ0n) is 10.8. The van der Waals surface area contributed by atoms with Crippen molar-refractivity contribution in [2.45, 2.75) is 25.5 Å². The molecule has 0 amide bonds. The second-order valence-corrected chi connectivity index (χ2v) is 4.93. The van der Waals surface area contributed by atoms with Crippen LogP contribution in [0, 0.1) is 0 Å². The van der Waals surface area contributed by atoms with Gasteiger partial charge in [0.15, 0.2) is 10.8 Å². The Morgan fingerprint density at radius 3 is 3.15 bits per heavy atom. The van der Waals surface area contributed by atoms with E-state index in [-0.39, 0.29) is 18.1 Å². The first-order valence-electron chi connectivity index (χ1n) is 6.25. The van der Waals surface area contributed by atoms with E-state index in [2.05, 4.69) is 15.0 Å². The van der Waals surface area contributed by atoms with E-state index in [0.717, 1.165) is 0 Å². The Bertz CT molecular complexity index is 645. The smallest absolute Gasteiger partial charge is 0.303 e. The van der Waals surface area contributed by atoms with Gasteiger partial charge in [0.05, 0.1) is 19.0 Å². The number of esters is 1. The summed E-state index contributed by atoms with van der Waals surface area (Å²) in [5.74, 6) is -0.331. The van der Waals surface area contributed by atoms with Crippen molar-refractivity contribution in [1.29, 1.82) is 0 Å². The first kappa shape index (κ1) is 13.3. The van der Waals surface area contributed by atoms with Crippen LogP contribution >= 0.6 is 11.6 Å². The summed E-state index contributed by atoms with van der Waals surface area (Å²) in [5, 5.41) is 0.310. The van der Waals surface area contributed by atoms with Gasteiger partial charge in [0.1, 0.15) is 17.9 Å². The lowest BCUT2D eigenvalue weighted by atomic mass is 10.1. The molecule has 0 aliphatic carbocycles. The maximum absolute atomic E-state index is 11.2. The van der Waals surface area contributed by atoms with Crippen LogP contribution in [0.1, 0.15) is 19.4 Å². The molecule has 0 aromatic carbocycles. The number of nitrogens with zero attached hydrogens (tertiary/aromatic N) is 4. The lowest BCUT2D eigenvalue weighted by molar-refractivity contribution is -0.156. The fourth-order valence-corrected chi connectivity index (χ4v) is 2.59. The largest absolute Gasteiger partial charge is 0.458 e. The Morgan fingerprint density at radius 2 is 2.35 bits per heavy atom. The molecule has 2 unspecified atom stereocenters. The zero-order chi connectivity index (χ0) is 14.1. The number of aromatic nitrogens is 4. The molecule has 3 rings (SSSR count). The van der Waals surface area contributed by atoms with Gasteiger partial charge in [-0.1, -0.05) is 11.6 Å². The van der Waals surface area contributed by atoms with E-state index in [1.54, 1.807) is 6.33 Å². The molecule has 8 heteroatoms. The Hall–Kier alpha value is -1.73. The topological polar surface area (TPSA) is 79.1 Å². The van der Waals surface area contributed by atoms with Crippen molar-refractivity contribution < 1.29 is 14.3 Å². The standard InChI is InChI=1S/C12H13ClN4O3/c1-7(18)20-9-4-19-3-2-8(9)17-6-16-10-11(13)14-5-15-12(10)17/h5-6,8-9H,2-4H2,1H3. The third-order valence-electron chi connectivity index (χ3n) is 3.26. The number of ether oxygens (including phenoxy) is 2. The molecule has 0 N–H and O–H groups in total. The van der Waals surface area contributed by atoms with Crippen molar-refractivity contribution in [3.05, 3.63) is 17.8 Å². The molecule has 1 aliphatic heterocycles. The maximum atomic E-state index is 11.2. The molecule has 0 saturated carbocycles. The molecule has 1 fully saturated rings. The summed E-state index contributed by atoms with van der Waals surface area (Å²) in [4.78, 5) is 23.5. The van der Waals surface area contributed by atoms with Gasteiger partial charge in [0, 0.05) is 13.5 Å². The summed E-state index contributed by atoms with van der Waals surface area (Å²) in [6.07, 6.45) is 3.40. The molecule has 7 nitrogen and oxygen atoms in total. The number of imidazole rings is 1. The van der Waals surface area contributed by atoms with Crippen LogP contribution in [0.4, 0.5) is 0 Å². The summed E-state index contributed by atoms with van der Waals surface area (Å²) in [7, 11) is 0. The molecular formula is C12H13ClN4O3. The van der Waals surface area contributed by atoms with Crippen LogP contribution in [0.15, 0.2) is 12.7 Å². The molecule has 0 spiro atoms. The zero-order valence-corrected chi connectivity index (χ0v) is 11.6. The quantitative estimate of drug-likeness (QED) is 0.615. The highest BCUT2D eigenvalue weighted by Gasteiger charge is 2.31. The van der Waals surface area contributed by atoms with Crippen LogP contribution in [-0.4, -0.2) is 44.8 Å². The number of carbonyl (C=O) groups is 1. The summed E-state index contributed by atoms with van der Waals surface area (Å²) in [5.41, 5.74) is 1.18. The van der Waals surface area contributed by atoms with E-state index in [4.69, 9.17) is 21.1 Å². The van der Waals surface area contributed by atoms with Crippen LogP contribution in [0.3, 0.4) is 0 Å². The number of hydrogen-bond donors (Lipinski definition) is 0. The minimum atomic E-state index is -0.354. The van der Waals surface area contributed by atoms with Crippen molar-refractivity contribution >= 4 is 28.7 Å². The highest BCUT2D eigenvalue weighted by Crippen LogP contribution is 2.28. The average molecular weight is 297 g/mol. The molecule has 3 heterocycles. The molecule has 0 radical (unpaired) electrons. The van der Waals surface area contributed by atoms with Gasteiger partial charge in [-0.05, 0) is 6.42 Å². The van der Waals surface area contributed by atoms with Gasteiger partial charge in [-0.25, -0.2) is 15.0 Å². The number of rotatable bonds is 2. The van der Waals surface area contributed by atoms with Crippen LogP contribution < -0.4 is 0 Å². The van der Waals surface area contributed by atoms with Gasteiger partial charge in [0.2, 0.25) is 0 Å².